The number of amides is 1. The second-order valence-electron chi connectivity index (χ2n) is 11.6. The van der Waals surface area contributed by atoms with Crippen LogP contribution < -0.4 is 14.5 Å². The summed E-state index contributed by atoms with van der Waals surface area (Å²) in [4.78, 5) is 22.3. The van der Waals surface area contributed by atoms with E-state index in [2.05, 4.69) is 57.2 Å². The van der Waals surface area contributed by atoms with E-state index in [-0.39, 0.29) is 5.91 Å². The Morgan fingerprint density at radius 1 is 0.825 bits per heavy atom. The van der Waals surface area contributed by atoms with Crippen molar-refractivity contribution >= 4 is 17.3 Å². The standard InChI is InChI=1S/C33H48N4O3/c1-28(38)37-17-6-4-2-3-5-16-35(27-30-25-31(12-13-33(30)37)36-19-21-39-22-20-36)26-29-10-9-11-32(24-29)40-23-18-34-14-7-8-15-34/h9-13,24-25H,2-8,14-23,26-27H2,1H3. The zero-order valence-electron chi connectivity index (χ0n) is 24.5. The Bertz CT molecular complexity index is 1080. The molecule has 2 fully saturated rings. The number of carbonyl (C=O) groups is 1. The molecule has 5 rings (SSSR count). The number of hydrogen-bond acceptors (Lipinski definition) is 6. The lowest BCUT2D eigenvalue weighted by atomic mass is 10.0. The molecule has 0 aliphatic carbocycles. The maximum atomic E-state index is 12.8. The molecule has 40 heavy (non-hydrogen) atoms. The van der Waals surface area contributed by atoms with Gasteiger partial charge in [-0.25, -0.2) is 0 Å². The van der Waals surface area contributed by atoms with Gasteiger partial charge in [-0.1, -0.05) is 31.4 Å². The van der Waals surface area contributed by atoms with E-state index >= 15 is 0 Å². The zero-order chi connectivity index (χ0) is 27.6. The molecule has 0 bridgehead atoms. The zero-order valence-corrected chi connectivity index (χ0v) is 24.5. The molecule has 3 aliphatic rings. The van der Waals surface area contributed by atoms with Gasteiger partial charge in [0.1, 0.15) is 12.4 Å². The lowest BCUT2D eigenvalue weighted by molar-refractivity contribution is -0.116. The molecular weight excluding hydrogens is 500 g/mol. The van der Waals surface area contributed by atoms with Gasteiger partial charge in [0.2, 0.25) is 5.91 Å². The number of likely N-dealkylation sites (tertiary alicyclic amines) is 1. The average Bonchev–Trinajstić information content (AvgIpc) is 3.48. The van der Waals surface area contributed by atoms with Gasteiger partial charge in [0, 0.05) is 57.6 Å². The molecule has 0 unspecified atom stereocenters. The van der Waals surface area contributed by atoms with E-state index < -0.39 is 0 Å². The first-order valence-corrected chi connectivity index (χ1v) is 15.6. The van der Waals surface area contributed by atoms with Crippen LogP contribution in [-0.4, -0.2) is 81.3 Å². The van der Waals surface area contributed by atoms with Crippen LogP contribution in [0.3, 0.4) is 0 Å². The minimum atomic E-state index is 0.128. The van der Waals surface area contributed by atoms with Gasteiger partial charge in [0.25, 0.3) is 0 Å². The van der Waals surface area contributed by atoms with Crippen molar-refractivity contribution in [1.29, 1.82) is 0 Å². The Kier molecular flexibility index (Phi) is 10.7. The summed E-state index contributed by atoms with van der Waals surface area (Å²) < 4.78 is 11.8. The quantitative estimate of drug-likeness (QED) is 0.467. The molecule has 2 aromatic carbocycles. The summed E-state index contributed by atoms with van der Waals surface area (Å²) >= 11 is 0. The first-order chi connectivity index (χ1) is 19.7. The Hall–Kier alpha value is -2.61. The van der Waals surface area contributed by atoms with E-state index in [0.29, 0.717) is 0 Å². The number of morpholine rings is 1. The average molecular weight is 549 g/mol. The van der Waals surface area contributed by atoms with Crippen molar-refractivity contribution in [2.24, 2.45) is 0 Å². The molecule has 0 aromatic heterocycles. The number of fused-ring (bicyclic) bond motifs is 1. The summed E-state index contributed by atoms with van der Waals surface area (Å²) in [6.07, 6.45) is 8.50. The van der Waals surface area contributed by atoms with Crippen LogP contribution in [0.25, 0.3) is 0 Å². The summed E-state index contributed by atoms with van der Waals surface area (Å²) in [6.45, 7) is 12.7. The van der Waals surface area contributed by atoms with Crippen molar-refractivity contribution in [2.75, 3.05) is 75.4 Å². The Morgan fingerprint density at radius 2 is 1.55 bits per heavy atom. The summed E-state index contributed by atoms with van der Waals surface area (Å²) in [5, 5.41) is 0. The summed E-state index contributed by atoms with van der Waals surface area (Å²) in [6, 6.07) is 15.3. The molecule has 1 amide bonds. The molecule has 0 N–H and O–H groups in total. The molecule has 3 heterocycles. The number of rotatable bonds is 7. The predicted octanol–water partition coefficient (Wildman–Crippen LogP) is 5.32. The Balaban J connectivity index is 1.35. The minimum absolute atomic E-state index is 0.128. The van der Waals surface area contributed by atoms with Gasteiger partial charge in [0.05, 0.1) is 13.2 Å². The number of benzene rings is 2. The number of anilines is 2. The molecule has 0 radical (unpaired) electrons. The summed E-state index contributed by atoms with van der Waals surface area (Å²) in [5.74, 6) is 1.09. The highest BCUT2D eigenvalue weighted by atomic mass is 16.5. The lowest BCUT2D eigenvalue weighted by Gasteiger charge is -2.32. The third kappa shape index (κ3) is 8.21. The Labute approximate surface area is 241 Å². The maximum absolute atomic E-state index is 12.8. The summed E-state index contributed by atoms with van der Waals surface area (Å²) in [5.41, 5.74) is 4.80. The molecule has 0 spiro atoms. The van der Waals surface area contributed by atoms with Crippen molar-refractivity contribution in [3.63, 3.8) is 0 Å². The smallest absolute Gasteiger partial charge is 0.223 e. The van der Waals surface area contributed by atoms with Crippen LogP contribution in [0.4, 0.5) is 11.4 Å². The number of ether oxygens (including phenoxy) is 2. The van der Waals surface area contributed by atoms with Crippen LogP contribution >= 0.6 is 0 Å². The third-order valence-corrected chi connectivity index (χ3v) is 8.54. The molecule has 0 atom stereocenters. The van der Waals surface area contributed by atoms with E-state index in [0.717, 1.165) is 83.5 Å². The van der Waals surface area contributed by atoms with Crippen molar-refractivity contribution < 1.29 is 14.3 Å². The van der Waals surface area contributed by atoms with Crippen LogP contribution in [0.1, 0.15) is 63.0 Å². The van der Waals surface area contributed by atoms with Crippen molar-refractivity contribution in [3.05, 3.63) is 53.6 Å². The fourth-order valence-corrected chi connectivity index (χ4v) is 6.31. The highest BCUT2D eigenvalue weighted by molar-refractivity contribution is 5.92. The van der Waals surface area contributed by atoms with Gasteiger partial charge in [-0.2, -0.15) is 0 Å². The highest BCUT2D eigenvalue weighted by Crippen LogP contribution is 2.30. The summed E-state index contributed by atoms with van der Waals surface area (Å²) in [7, 11) is 0. The molecular formula is C33H48N4O3. The SMILES string of the molecule is CC(=O)N1CCCCCCCN(Cc2cccc(OCCN3CCCC3)c2)Cc2cc(N3CCOCC3)ccc21. The van der Waals surface area contributed by atoms with E-state index in [1.165, 1.54) is 68.4 Å². The topological polar surface area (TPSA) is 48.5 Å². The Morgan fingerprint density at radius 3 is 2.35 bits per heavy atom. The molecule has 2 saturated heterocycles. The van der Waals surface area contributed by atoms with Crippen LogP contribution in [-0.2, 0) is 22.6 Å². The van der Waals surface area contributed by atoms with E-state index in [9.17, 15) is 4.79 Å². The molecule has 218 valence electrons. The fourth-order valence-electron chi connectivity index (χ4n) is 6.31. The second kappa shape index (κ2) is 14.9. The minimum Gasteiger partial charge on any atom is -0.492 e. The number of nitrogens with zero attached hydrogens (tertiary/aromatic N) is 4. The fraction of sp³-hybridized carbons (Fsp3) is 0.606. The first-order valence-electron chi connectivity index (χ1n) is 15.6. The van der Waals surface area contributed by atoms with Gasteiger partial charge < -0.3 is 19.3 Å². The largest absolute Gasteiger partial charge is 0.492 e. The van der Waals surface area contributed by atoms with E-state index in [4.69, 9.17) is 9.47 Å². The van der Waals surface area contributed by atoms with Gasteiger partial charge in [0.15, 0.2) is 0 Å². The lowest BCUT2D eigenvalue weighted by Crippen LogP contribution is -2.36. The van der Waals surface area contributed by atoms with Crippen LogP contribution in [0.5, 0.6) is 5.75 Å². The van der Waals surface area contributed by atoms with Crippen molar-refractivity contribution in [1.82, 2.24) is 9.80 Å². The number of hydrogen-bond donors (Lipinski definition) is 0. The highest BCUT2D eigenvalue weighted by Gasteiger charge is 2.21. The normalized spacial score (nSPS) is 20.0. The first kappa shape index (κ1) is 28.9. The van der Waals surface area contributed by atoms with Crippen LogP contribution in [0.15, 0.2) is 42.5 Å². The van der Waals surface area contributed by atoms with Gasteiger partial charge in [-0.3, -0.25) is 14.6 Å². The van der Waals surface area contributed by atoms with Gasteiger partial charge in [-0.05, 0) is 86.8 Å². The monoisotopic (exact) mass is 548 g/mol. The van der Waals surface area contributed by atoms with Crippen LogP contribution in [0.2, 0.25) is 0 Å². The third-order valence-electron chi connectivity index (χ3n) is 8.54. The van der Waals surface area contributed by atoms with Crippen molar-refractivity contribution in [2.45, 2.75) is 65.0 Å². The van der Waals surface area contributed by atoms with E-state index in [1.807, 2.05) is 4.90 Å². The number of carbonyl (C=O) groups excluding carboxylic acids is 1. The van der Waals surface area contributed by atoms with Crippen LogP contribution in [0, 0.1) is 0 Å². The molecule has 2 aromatic rings. The van der Waals surface area contributed by atoms with Crippen molar-refractivity contribution in [3.8, 4) is 5.75 Å². The molecule has 7 nitrogen and oxygen atoms in total. The molecule has 0 saturated carbocycles. The predicted molar refractivity (Wildman–Crippen MR) is 162 cm³/mol. The van der Waals surface area contributed by atoms with Gasteiger partial charge >= 0.3 is 0 Å². The van der Waals surface area contributed by atoms with E-state index in [1.54, 1.807) is 6.92 Å². The maximum Gasteiger partial charge on any atom is 0.223 e. The molecule has 3 aliphatic heterocycles. The second-order valence-corrected chi connectivity index (χ2v) is 11.6. The molecule has 7 heteroatoms. The van der Waals surface area contributed by atoms with Gasteiger partial charge in [-0.15, -0.1) is 0 Å².